The molecular weight excluding hydrogens is 148 g/mol. The van der Waals surface area contributed by atoms with Crippen LogP contribution in [0.3, 0.4) is 0 Å². The molecule has 0 heterocycles. The third kappa shape index (κ3) is 1.82. The molecule has 0 bridgehead atoms. The van der Waals surface area contributed by atoms with Crippen LogP contribution in [0.25, 0.3) is 0 Å². The lowest BCUT2D eigenvalue weighted by Crippen LogP contribution is -2.07. The molecule has 5 nitrogen and oxygen atoms in total. The van der Waals surface area contributed by atoms with Crippen LogP contribution in [-0.4, -0.2) is 10.1 Å². The fourth-order valence-electron chi connectivity index (χ4n) is 0.667. The van der Waals surface area contributed by atoms with Crippen LogP contribution in [0.5, 0.6) is 5.75 Å². The predicted molar refractivity (Wildman–Crippen MR) is 38.7 cm³/mol. The van der Waals surface area contributed by atoms with Gasteiger partial charge in [0.25, 0.3) is 0 Å². The third-order valence-corrected chi connectivity index (χ3v) is 1.12. The first-order valence-corrected chi connectivity index (χ1v) is 2.89. The Labute approximate surface area is 62.4 Å². The van der Waals surface area contributed by atoms with E-state index in [2.05, 4.69) is 0 Å². The summed E-state index contributed by atoms with van der Waals surface area (Å²) >= 11 is 0. The molecule has 0 aliphatic heterocycles. The molecular formula is C6H6N2O3. The summed E-state index contributed by atoms with van der Waals surface area (Å²) in [4.78, 5) is 9.90. The molecule has 0 amide bonds. The molecule has 0 saturated heterocycles. The molecule has 0 spiro atoms. The molecule has 1 aromatic rings. The van der Waals surface area contributed by atoms with E-state index in [0.717, 1.165) is 0 Å². The summed E-state index contributed by atoms with van der Waals surface area (Å²) in [5.41, 5.74) is 1.94. The summed E-state index contributed by atoms with van der Waals surface area (Å²) in [7, 11) is 0. The predicted octanol–water partition coefficient (Wildman–Crippen LogP) is 0.996. The molecule has 5 heteroatoms. The van der Waals surface area contributed by atoms with Gasteiger partial charge in [0.15, 0.2) is 5.03 Å². The molecule has 1 aromatic carbocycles. The van der Waals surface area contributed by atoms with Gasteiger partial charge in [0, 0.05) is 0 Å². The van der Waals surface area contributed by atoms with Crippen molar-refractivity contribution in [3.63, 3.8) is 0 Å². The highest BCUT2D eigenvalue weighted by atomic mass is 16.7. The van der Waals surface area contributed by atoms with Gasteiger partial charge in [-0.05, 0) is 12.1 Å². The Morgan fingerprint density at radius 2 is 2.09 bits per heavy atom. The Balaban J connectivity index is 2.86. The minimum atomic E-state index is -0.727. The van der Waals surface area contributed by atoms with E-state index in [-0.39, 0.29) is 11.4 Å². The number of phenolic OH excluding ortho intramolecular Hbond substituents is 1. The first kappa shape index (κ1) is 7.33. The van der Waals surface area contributed by atoms with Gasteiger partial charge in [0.1, 0.15) is 11.4 Å². The van der Waals surface area contributed by atoms with Crippen molar-refractivity contribution in [1.82, 2.24) is 0 Å². The van der Waals surface area contributed by atoms with Crippen LogP contribution < -0.4 is 5.43 Å². The van der Waals surface area contributed by atoms with Gasteiger partial charge in [-0.3, -0.25) is 0 Å². The fraction of sp³-hybridized carbons (Fsp3) is 0. The van der Waals surface area contributed by atoms with E-state index in [1.54, 1.807) is 12.1 Å². The van der Waals surface area contributed by atoms with E-state index >= 15 is 0 Å². The maximum Gasteiger partial charge on any atom is 0.162 e. The maximum absolute atomic E-state index is 9.90. The molecule has 2 N–H and O–H groups in total. The van der Waals surface area contributed by atoms with Crippen molar-refractivity contribution in [2.45, 2.75) is 0 Å². The van der Waals surface area contributed by atoms with Crippen molar-refractivity contribution in [2.75, 3.05) is 5.43 Å². The molecule has 0 unspecified atom stereocenters. The van der Waals surface area contributed by atoms with Crippen LogP contribution in [0.4, 0.5) is 5.69 Å². The number of benzene rings is 1. The molecule has 1 rings (SSSR count). The topological polar surface area (TPSA) is 75.4 Å². The van der Waals surface area contributed by atoms with Crippen LogP contribution in [0.2, 0.25) is 0 Å². The molecule has 58 valence electrons. The Morgan fingerprint density at radius 1 is 1.45 bits per heavy atom. The summed E-state index contributed by atoms with van der Waals surface area (Å²) in [6.07, 6.45) is 0. The van der Waals surface area contributed by atoms with Gasteiger partial charge in [-0.2, -0.15) is 0 Å². The second-order valence-electron chi connectivity index (χ2n) is 1.89. The van der Waals surface area contributed by atoms with Gasteiger partial charge in [-0.25, -0.2) is 10.1 Å². The zero-order chi connectivity index (χ0) is 8.27. The van der Waals surface area contributed by atoms with Crippen molar-refractivity contribution < 1.29 is 10.1 Å². The number of rotatable bonds is 2. The largest absolute Gasteiger partial charge is 0.506 e. The lowest BCUT2D eigenvalue weighted by molar-refractivity contribution is -0.445. The van der Waals surface area contributed by atoms with E-state index in [9.17, 15) is 10.1 Å². The van der Waals surface area contributed by atoms with Crippen molar-refractivity contribution in [3.05, 3.63) is 34.4 Å². The van der Waals surface area contributed by atoms with E-state index in [0.29, 0.717) is 0 Å². The fourth-order valence-corrected chi connectivity index (χ4v) is 0.667. The molecule has 0 aromatic heterocycles. The van der Waals surface area contributed by atoms with Gasteiger partial charge in [-0.1, -0.05) is 12.1 Å². The Hall–Kier alpha value is -1.78. The molecule has 0 saturated carbocycles. The Kier molecular flexibility index (Phi) is 1.91. The molecule has 0 fully saturated rings. The number of phenols is 1. The first-order valence-electron chi connectivity index (χ1n) is 2.89. The summed E-state index contributed by atoms with van der Waals surface area (Å²) < 4.78 is 0. The van der Waals surface area contributed by atoms with Gasteiger partial charge >= 0.3 is 0 Å². The number of nitro groups is 1. The standard InChI is InChI=1S/C6H6N2O3/c9-6-4-2-1-3-5(6)7-8(10)11/h1-4,7,9H. The lowest BCUT2D eigenvalue weighted by atomic mass is 10.3. The SMILES string of the molecule is O=[N+]([O-])Nc1ccccc1O. The third-order valence-electron chi connectivity index (χ3n) is 1.12. The van der Waals surface area contributed by atoms with Crippen molar-refractivity contribution in [2.24, 2.45) is 0 Å². The minimum Gasteiger partial charge on any atom is -0.506 e. The van der Waals surface area contributed by atoms with Gasteiger partial charge < -0.3 is 5.11 Å². The van der Waals surface area contributed by atoms with E-state index in [1.807, 2.05) is 5.43 Å². The lowest BCUT2D eigenvalue weighted by Gasteiger charge is -1.97. The number of nitrogens with one attached hydrogen (secondary N) is 1. The van der Waals surface area contributed by atoms with E-state index < -0.39 is 5.03 Å². The smallest absolute Gasteiger partial charge is 0.162 e. The average Bonchev–Trinajstić information content (AvgIpc) is 1.93. The zero-order valence-electron chi connectivity index (χ0n) is 5.52. The summed E-state index contributed by atoms with van der Waals surface area (Å²) in [6.45, 7) is 0. The van der Waals surface area contributed by atoms with Crippen LogP contribution >= 0.6 is 0 Å². The van der Waals surface area contributed by atoms with Crippen LogP contribution in [0.1, 0.15) is 0 Å². The number of anilines is 1. The number of hydrogen-bond acceptors (Lipinski definition) is 3. The van der Waals surface area contributed by atoms with Gasteiger partial charge in [-0.15, -0.1) is 5.43 Å². The first-order chi connectivity index (χ1) is 5.20. The highest BCUT2D eigenvalue weighted by Gasteiger charge is 2.02. The highest BCUT2D eigenvalue weighted by molar-refractivity contribution is 5.53. The molecule has 0 radical (unpaired) electrons. The van der Waals surface area contributed by atoms with Gasteiger partial charge in [0.2, 0.25) is 0 Å². The Bertz CT molecular complexity index is 274. The normalized spacial score (nSPS) is 9.09. The van der Waals surface area contributed by atoms with Crippen LogP contribution in [0.15, 0.2) is 24.3 Å². The summed E-state index contributed by atoms with van der Waals surface area (Å²) in [6, 6.07) is 5.95. The number of hydrazine groups is 1. The summed E-state index contributed by atoms with van der Waals surface area (Å²) in [5, 5.41) is 18.2. The monoisotopic (exact) mass is 154 g/mol. The minimum absolute atomic E-state index is 0.0949. The van der Waals surface area contributed by atoms with Crippen molar-refractivity contribution in [1.29, 1.82) is 0 Å². The van der Waals surface area contributed by atoms with E-state index in [1.165, 1.54) is 12.1 Å². The van der Waals surface area contributed by atoms with E-state index in [4.69, 9.17) is 5.11 Å². The molecule has 0 atom stereocenters. The number of hydrogen-bond donors (Lipinski definition) is 2. The average molecular weight is 154 g/mol. The maximum atomic E-state index is 9.90. The second kappa shape index (κ2) is 2.87. The van der Waals surface area contributed by atoms with Crippen molar-refractivity contribution >= 4 is 5.69 Å². The molecule has 11 heavy (non-hydrogen) atoms. The van der Waals surface area contributed by atoms with Crippen LogP contribution in [-0.2, 0) is 0 Å². The Morgan fingerprint density at radius 3 is 2.64 bits per heavy atom. The quantitative estimate of drug-likeness (QED) is 0.378. The molecule has 0 aliphatic carbocycles. The summed E-state index contributed by atoms with van der Waals surface area (Å²) in [5.74, 6) is -0.135. The number of para-hydroxylation sites is 2. The zero-order valence-corrected chi connectivity index (χ0v) is 5.52. The van der Waals surface area contributed by atoms with Crippen LogP contribution in [0, 0.1) is 10.1 Å². The van der Waals surface area contributed by atoms with Crippen molar-refractivity contribution in [3.8, 4) is 5.75 Å². The van der Waals surface area contributed by atoms with Gasteiger partial charge in [0.05, 0.1) is 0 Å². The second-order valence-corrected chi connectivity index (χ2v) is 1.89. The highest BCUT2D eigenvalue weighted by Crippen LogP contribution is 2.20. The molecule has 0 aliphatic rings. The number of aromatic hydroxyl groups is 1. The number of nitrogens with zero attached hydrogens (tertiary/aromatic N) is 1.